The van der Waals surface area contributed by atoms with Crippen LogP contribution in [0.3, 0.4) is 0 Å². The molecule has 0 aromatic rings. The van der Waals surface area contributed by atoms with E-state index >= 15 is 0 Å². The first-order valence-corrected chi connectivity index (χ1v) is 0. The molecular formula is HfO2Zr. The van der Waals surface area contributed by atoms with Crippen LogP contribution in [0.2, 0.25) is 0 Å². The van der Waals surface area contributed by atoms with E-state index in [0.29, 0.717) is 0 Å². The molecule has 0 atom stereocenters. The van der Waals surface area contributed by atoms with Gasteiger partial charge in [-0.25, -0.2) is 0 Å². The molecule has 0 aromatic heterocycles. The molecule has 4 heteroatoms. The Kier molecular flexibility index (Phi) is 249. The maximum atomic E-state index is 0. The average molecular weight is 302 g/mol. The maximum absolute atomic E-state index is 0. The van der Waals surface area contributed by atoms with Crippen LogP contribution in [0, 0.1) is 0 Å². The first-order valence-electron chi connectivity index (χ1n) is 0. The Hall–Kier alpha value is 1.67. The average Bonchev–Trinajstić information content (AvgIpc) is 0. The third-order valence-corrected chi connectivity index (χ3v) is 0. The molecule has 0 rings (SSSR count). The van der Waals surface area contributed by atoms with Crippen LogP contribution in [0.5, 0.6) is 0 Å². The van der Waals surface area contributed by atoms with Crippen LogP contribution < -0.4 is 0 Å². The Balaban J connectivity index is 0. The molecule has 0 aliphatic carbocycles. The van der Waals surface area contributed by atoms with E-state index in [-0.39, 0.29) is 63.0 Å². The van der Waals surface area contributed by atoms with Crippen molar-refractivity contribution < 1.29 is 63.0 Å². The molecular weight excluding hydrogens is 302 g/mol. The van der Waals surface area contributed by atoms with Gasteiger partial charge >= 0.3 is 25.8 Å². The predicted octanol–water partition coefficient (Wildman–Crippen LogP) is -0.243. The standard InChI is InChI=1S/Hf.2O.Zr/q+4;2*-2;. The van der Waals surface area contributed by atoms with Crippen LogP contribution >= 0.6 is 0 Å². The van der Waals surface area contributed by atoms with Crippen LogP contribution in [0.15, 0.2) is 0 Å². The van der Waals surface area contributed by atoms with Gasteiger partial charge in [0.25, 0.3) is 0 Å². The summed E-state index contributed by atoms with van der Waals surface area (Å²) in [4.78, 5) is 0. The SMILES string of the molecule is [Hf+4].[O-2].[O-2].[Zr]. The van der Waals surface area contributed by atoms with Gasteiger partial charge < -0.3 is 11.0 Å². The van der Waals surface area contributed by atoms with Crippen LogP contribution in [0.1, 0.15) is 0 Å². The number of rotatable bonds is 0. The zero-order chi connectivity index (χ0) is 0. The Morgan fingerprint density at radius 3 is 0.750 bits per heavy atom. The second kappa shape index (κ2) is 22.5. The van der Waals surface area contributed by atoms with E-state index in [1.54, 1.807) is 0 Å². The van der Waals surface area contributed by atoms with Gasteiger partial charge in [-0.05, 0) is 0 Å². The Bertz CT molecular complexity index is 6.00. The van der Waals surface area contributed by atoms with Crippen molar-refractivity contribution in [3.05, 3.63) is 0 Å². The topological polar surface area (TPSA) is 57.0 Å². The summed E-state index contributed by atoms with van der Waals surface area (Å²) in [6.45, 7) is 0. The molecule has 0 fully saturated rings. The normalized spacial score (nSPS) is 0. The van der Waals surface area contributed by atoms with Crippen molar-refractivity contribution in [2.75, 3.05) is 0 Å². The van der Waals surface area contributed by atoms with Gasteiger partial charge in [-0.2, -0.15) is 0 Å². The second-order valence-corrected chi connectivity index (χ2v) is 0. The van der Waals surface area contributed by atoms with E-state index in [1.165, 1.54) is 0 Å². The molecule has 0 aromatic carbocycles. The molecule has 0 bridgehead atoms. The van der Waals surface area contributed by atoms with E-state index in [2.05, 4.69) is 0 Å². The van der Waals surface area contributed by atoms with E-state index in [4.69, 9.17) is 0 Å². The van der Waals surface area contributed by atoms with Crippen LogP contribution in [-0.4, -0.2) is 0 Å². The molecule has 0 spiro atoms. The predicted molar refractivity (Wildman–Crippen MR) is 1.37 cm³/mol. The van der Waals surface area contributed by atoms with Crippen molar-refractivity contribution in [2.24, 2.45) is 0 Å². The van der Waals surface area contributed by atoms with Gasteiger partial charge in [0, 0.05) is 26.2 Å². The van der Waals surface area contributed by atoms with Crippen molar-refractivity contribution in [3.8, 4) is 0 Å². The summed E-state index contributed by atoms with van der Waals surface area (Å²) in [5, 5.41) is 0. The number of hydrogen-bond donors (Lipinski definition) is 0. The molecule has 0 heterocycles. The fraction of sp³-hybridized carbons (Fsp3) is 0. The Morgan fingerprint density at radius 1 is 0.750 bits per heavy atom. The van der Waals surface area contributed by atoms with Crippen LogP contribution in [0.4, 0.5) is 0 Å². The molecule has 0 amide bonds. The molecule has 0 aliphatic rings. The van der Waals surface area contributed by atoms with E-state index < -0.39 is 0 Å². The minimum absolute atomic E-state index is 0. The minimum atomic E-state index is 0. The summed E-state index contributed by atoms with van der Waals surface area (Å²) < 4.78 is 0. The van der Waals surface area contributed by atoms with Crippen molar-refractivity contribution >= 4 is 0 Å². The fourth-order valence-electron chi connectivity index (χ4n) is 0. The van der Waals surface area contributed by atoms with Gasteiger partial charge in [0.05, 0.1) is 0 Å². The molecule has 0 N–H and O–H groups in total. The summed E-state index contributed by atoms with van der Waals surface area (Å²) in [5.41, 5.74) is 0. The second-order valence-electron chi connectivity index (χ2n) is 0. The molecule has 0 radical (unpaired) electrons. The Morgan fingerprint density at radius 2 is 0.750 bits per heavy atom. The summed E-state index contributed by atoms with van der Waals surface area (Å²) in [5.74, 6) is 0. The van der Waals surface area contributed by atoms with E-state index in [9.17, 15) is 0 Å². The molecule has 0 saturated carbocycles. The van der Waals surface area contributed by atoms with Crippen LogP contribution in [-0.2, 0) is 63.0 Å². The zero-order valence-corrected chi connectivity index (χ0v) is 7.87. The minimum Gasteiger partial charge on any atom is -2.00 e. The van der Waals surface area contributed by atoms with Gasteiger partial charge in [-0.1, -0.05) is 0 Å². The van der Waals surface area contributed by atoms with Crippen molar-refractivity contribution in [3.63, 3.8) is 0 Å². The maximum Gasteiger partial charge on any atom is 4.00 e. The quantitative estimate of drug-likeness (QED) is 0.555. The molecule has 0 saturated heterocycles. The molecule has 4 heavy (non-hydrogen) atoms. The largest absolute Gasteiger partial charge is 4.00 e. The van der Waals surface area contributed by atoms with Gasteiger partial charge in [0.1, 0.15) is 0 Å². The fourth-order valence-corrected chi connectivity index (χ4v) is 0. The molecule has 20 valence electrons. The van der Waals surface area contributed by atoms with Gasteiger partial charge in [-0.15, -0.1) is 0 Å². The van der Waals surface area contributed by atoms with Gasteiger partial charge in [0.2, 0.25) is 0 Å². The van der Waals surface area contributed by atoms with Crippen LogP contribution in [0.25, 0.3) is 0 Å². The zero-order valence-electron chi connectivity index (χ0n) is 1.82. The molecule has 0 aliphatic heterocycles. The monoisotopic (exact) mass is 302 g/mol. The first kappa shape index (κ1) is 44.3. The van der Waals surface area contributed by atoms with Crippen molar-refractivity contribution in [1.29, 1.82) is 0 Å². The summed E-state index contributed by atoms with van der Waals surface area (Å²) in [6.07, 6.45) is 0. The molecule has 2 nitrogen and oxygen atoms in total. The van der Waals surface area contributed by atoms with Crippen molar-refractivity contribution in [2.45, 2.75) is 0 Å². The summed E-state index contributed by atoms with van der Waals surface area (Å²) >= 11 is 0. The van der Waals surface area contributed by atoms with Crippen molar-refractivity contribution in [1.82, 2.24) is 0 Å². The summed E-state index contributed by atoms with van der Waals surface area (Å²) in [7, 11) is 0. The third kappa shape index (κ3) is 9.38. The Labute approximate surface area is 62.5 Å². The van der Waals surface area contributed by atoms with Gasteiger partial charge in [0.15, 0.2) is 0 Å². The van der Waals surface area contributed by atoms with Gasteiger partial charge in [-0.3, -0.25) is 0 Å². The smallest absolute Gasteiger partial charge is 2.00 e. The first-order chi connectivity index (χ1) is 0. The van der Waals surface area contributed by atoms with E-state index in [0.717, 1.165) is 0 Å². The number of hydrogen-bond acceptors (Lipinski definition) is 0. The summed E-state index contributed by atoms with van der Waals surface area (Å²) in [6, 6.07) is 0. The van der Waals surface area contributed by atoms with E-state index in [1.807, 2.05) is 0 Å². The third-order valence-electron chi connectivity index (χ3n) is 0. The molecule has 0 unspecified atom stereocenters.